The van der Waals surface area contributed by atoms with Crippen LogP contribution in [0, 0.1) is 13.8 Å². The monoisotopic (exact) mass is 381 g/mol. The normalized spacial score (nSPS) is 21.3. The fourth-order valence-electron chi connectivity index (χ4n) is 4.56. The number of hydrogen-bond donors (Lipinski definition) is 0. The van der Waals surface area contributed by atoms with Gasteiger partial charge in [-0.05, 0) is 71.3 Å². The highest BCUT2D eigenvalue weighted by atomic mass is 16.5. The van der Waals surface area contributed by atoms with E-state index in [9.17, 15) is 4.79 Å². The number of aryl methyl sites for hydroxylation is 2. The number of carbonyl (C=O) groups excluding carboxylic acids is 1. The van der Waals surface area contributed by atoms with Crippen LogP contribution in [-0.4, -0.2) is 66.1 Å². The molecule has 4 rings (SSSR count). The van der Waals surface area contributed by atoms with Crippen molar-refractivity contribution in [3.63, 3.8) is 0 Å². The number of likely N-dealkylation sites (tertiary alicyclic amines) is 1. The van der Waals surface area contributed by atoms with Gasteiger partial charge in [-0.15, -0.1) is 0 Å². The van der Waals surface area contributed by atoms with Crippen molar-refractivity contribution in [3.05, 3.63) is 41.1 Å². The second kappa shape index (κ2) is 8.18. The Labute approximate surface area is 167 Å². The molecule has 2 aliphatic rings. The van der Waals surface area contributed by atoms with Gasteiger partial charge in [-0.2, -0.15) is 0 Å². The van der Waals surface area contributed by atoms with Crippen molar-refractivity contribution in [1.29, 1.82) is 0 Å². The van der Waals surface area contributed by atoms with E-state index in [0.29, 0.717) is 6.54 Å². The molecule has 2 fully saturated rings. The molecule has 2 aromatic rings. The van der Waals surface area contributed by atoms with Gasteiger partial charge in [0.05, 0.1) is 17.2 Å². The van der Waals surface area contributed by atoms with Crippen LogP contribution < -0.4 is 0 Å². The van der Waals surface area contributed by atoms with E-state index in [1.807, 2.05) is 25.1 Å². The van der Waals surface area contributed by atoms with Crippen LogP contribution in [0.25, 0.3) is 10.9 Å². The first-order valence-electron chi connectivity index (χ1n) is 10.5. The largest absolute Gasteiger partial charge is 0.376 e. The number of fused-ring (bicyclic) bond motifs is 1. The topological polar surface area (TPSA) is 45.7 Å². The Morgan fingerprint density at radius 2 is 2.04 bits per heavy atom. The van der Waals surface area contributed by atoms with Crippen LogP contribution in [-0.2, 0) is 4.74 Å². The van der Waals surface area contributed by atoms with Crippen LogP contribution in [0.15, 0.2) is 24.3 Å². The van der Waals surface area contributed by atoms with E-state index in [4.69, 9.17) is 9.72 Å². The number of nitrogens with zero attached hydrogens (tertiary/aromatic N) is 3. The SMILES string of the molecule is Cc1cc(C(=O)N(C[C@H]2CCCO2)C2CCN(C)CC2)c2cccc(C)c2n1. The molecule has 3 heterocycles. The smallest absolute Gasteiger partial charge is 0.254 e. The molecular formula is C23H31N3O2. The highest BCUT2D eigenvalue weighted by Crippen LogP contribution is 2.27. The number of piperidine rings is 1. The Kier molecular flexibility index (Phi) is 5.65. The van der Waals surface area contributed by atoms with E-state index in [-0.39, 0.29) is 18.1 Å². The van der Waals surface area contributed by atoms with Crippen molar-refractivity contribution in [2.75, 3.05) is 33.3 Å². The maximum atomic E-state index is 13.8. The van der Waals surface area contributed by atoms with Crippen molar-refractivity contribution in [2.45, 2.75) is 51.7 Å². The molecule has 5 heteroatoms. The summed E-state index contributed by atoms with van der Waals surface area (Å²) >= 11 is 0. The number of pyridine rings is 1. The Morgan fingerprint density at radius 3 is 2.75 bits per heavy atom. The van der Waals surface area contributed by atoms with Crippen LogP contribution in [0.1, 0.15) is 47.3 Å². The fraction of sp³-hybridized carbons (Fsp3) is 0.565. The Hall–Kier alpha value is -1.98. The molecule has 0 bridgehead atoms. The minimum absolute atomic E-state index is 0.131. The number of hydrogen-bond acceptors (Lipinski definition) is 4. The molecule has 1 amide bonds. The van der Waals surface area contributed by atoms with Crippen LogP contribution >= 0.6 is 0 Å². The third-order valence-corrected chi connectivity index (χ3v) is 6.21. The molecule has 1 atom stereocenters. The summed E-state index contributed by atoms with van der Waals surface area (Å²) in [5, 5.41) is 0.959. The minimum Gasteiger partial charge on any atom is -0.376 e. The first kappa shape index (κ1) is 19.3. The predicted octanol–water partition coefficient (Wildman–Crippen LogP) is 3.57. The van der Waals surface area contributed by atoms with Gasteiger partial charge in [0.25, 0.3) is 5.91 Å². The average molecular weight is 382 g/mol. The summed E-state index contributed by atoms with van der Waals surface area (Å²) in [6.07, 6.45) is 4.35. The summed E-state index contributed by atoms with van der Waals surface area (Å²) in [6.45, 7) is 7.62. The zero-order valence-electron chi connectivity index (χ0n) is 17.3. The van der Waals surface area contributed by atoms with Crippen LogP contribution in [0.2, 0.25) is 0 Å². The molecule has 2 aliphatic heterocycles. The molecule has 1 aromatic carbocycles. The molecule has 0 radical (unpaired) electrons. The Balaban J connectivity index is 1.70. The summed E-state index contributed by atoms with van der Waals surface area (Å²) in [4.78, 5) is 23.0. The Morgan fingerprint density at radius 1 is 1.25 bits per heavy atom. The van der Waals surface area contributed by atoms with E-state index in [0.717, 1.165) is 73.1 Å². The number of para-hydroxylation sites is 1. The maximum Gasteiger partial charge on any atom is 0.254 e. The van der Waals surface area contributed by atoms with Crippen molar-refractivity contribution in [1.82, 2.24) is 14.8 Å². The quantitative estimate of drug-likeness (QED) is 0.812. The lowest BCUT2D eigenvalue weighted by Gasteiger charge is -2.38. The van der Waals surface area contributed by atoms with Crippen molar-refractivity contribution in [2.24, 2.45) is 0 Å². The number of benzene rings is 1. The zero-order valence-corrected chi connectivity index (χ0v) is 17.3. The summed E-state index contributed by atoms with van der Waals surface area (Å²) in [5.74, 6) is 0.131. The highest BCUT2D eigenvalue weighted by molar-refractivity contribution is 6.07. The van der Waals surface area contributed by atoms with Gasteiger partial charge >= 0.3 is 0 Å². The number of carbonyl (C=O) groups is 1. The molecule has 1 aromatic heterocycles. The van der Waals surface area contributed by atoms with E-state index in [1.165, 1.54) is 0 Å². The summed E-state index contributed by atoms with van der Waals surface area (Å²) in [7, 11) is 2.16. The second-order valence-electron chi connectivity index (χ2n) is 8.41. The van der Waals surface area contributed by atoms with E-state index in [2.05, 4.69) is 29.8 Å². The van der Waals surface area contributed by atoms with Gasteiger partial charge in [0.2, 0.25) is 0 Å². The van der Waals surface area contributed by atoms with Crippen LogP contribution in [0.4, 0.5) is 0 Å². The van der Waals surface area contributed by atoms with Crippen LogP contribution in [0.3, 0.4) is 0 Å². The molecule has 150 valence electrons. The van der Waals surface area contributed by atoms with Crippen molar-refractivity contribution < 1.29 is 9.53 Å². The van der Waals surface area contributed by atoms with Gasteiger partial charge in [0, 0.05) is 30.3 Å². The average Bonchev–Trinajstić information content (AvgIpc) is 3.20. The molecule has 0 N–H and O–H groups in total. The van der Waals surface area contributed by atoms with Crippen molar-refractivity contribution >= 4 is 16.8 Å². The summed E-state index contributed by atoms with van der Waals surface area (Å²) < 4.78 is 5.90. The lowest BCUT2D eigenvalue weighted by molar-refractivity contribution is 0.0321. The first-order chi connectivity index (χ1) is 13.5. The molecular weight excluding hydrogens is 350 g/mol. The lowest BCUT2D eigenvalue weighted by atomic mass is 9.99. The van der Waals surface area contributed by atoms with E-state index in [1.54, 1.807) is 0 Å². The second-order valence-corrected chi connectivity index (χ2v) is 8.41. The van der Waals surface area contributed by atoms with Gasteiger partial charge in [-0.3, -0.25) is 9.78 Å². The molecule has 28 heavy (non-hydrogen) atoms. The minimum atomic E-state index is 0.131. The number of ether oxygens (including phenoxy) is 1. The van der Waals surface area contributed by atoms with Crippen LogP contribution in [0.5, 0.6) is 0 Å². The summed E-state index contributed by atoms with van der Waals surface area (Å²) in [5.41, 5.74) is 3.72. The number of aromatic nitrogens is 1. The predicted molar refractivity (Wildman–Crippen MR) is 112 cm³/mol. The third kappa shape index (κ3) is 3.91. The lowest BCUT2D eigenvalue weighted by Crippen LogP contribution is -2.49. The van der Waals surface area contributed by atoms with Gasteiger partial charge < -0.3 is 14.5 Å². The van der Waals surface area contributed by atoms with Crippen molar-refractivity contribution in [3.8, 4) is 0 Å². The van der Waals surface area contributed by atoms with Gasteiger partial charge in [0.1, 0.15) is 0 Å². The van der Waals surface area contributed by atoms with E-state index < -0.39 is 0 Å². The molecule has 0 unspecified atom stereocenters. The molecule has 2 saturated heterocycles. The van der Waals surface area contributed by atoms with E-state index >= 15 is 0 Å². The summed E-state index contributed by atoms with van der Waals surface area (Å²) in [6, 6.07) is 8.35. The first-order valence-corrected chi connectivity index (χ1v) is 10.5. The molecule has 0 saturated carbocycles. The highest BCUT2D eigenvalue weighted by Gasteiger charge is 2.32. The number of rotatable bonds is 4. The number of amides is 1. The van der Waals surface area contributed by atoms with Gasteiger partial charge in [-0.1, -0.05) is 18.2 Å². The molecule has 0 spiro atoms. The molecule has 5 nitrogen and oxygen atoms in total. The fourth-order valence-corrected chi connectivity index (χ4v) is 4.56. The van der Waals surface area contributed by atoms with Gasteiger partial charge in [-0.25, -0.2) is 0 Å². The van der Waals surface area contributed by atoms with Gasteiger partial charge in [0.15, 0.2) is 0 Å². The third-order valence-electron chi connectivity index (χ3n) is 6.21. The zero-order chi connectivity index (χ0) is 19.7. The molecule has 0 aliphatic carbocycles. The Bertz CT molecular complexity index is 852. The maximum absolute atomic E-state index is 13.8. The standard InChI is InChI=1S/C23H31N3O2/c1-16-6-4-8-20-21(14-17(2)24-22(16)20)23(27)26(15-19-7-5-13-28-19)18-9-11-25(3)12-10-18/h4,6,8,14,18-19H,5,7,9-13,15H2,1-3H3/t19-/m1/s1.